The summed E-state index contributed by atoms with van der Waals surface area (Å²) in [6, 6.07) is 19.9. The van der Waals surface area contributed by atoms with Gasteiger partial charge in [-0.2, -0.15) is 13.2 Å². The molecule has 1 heterocycles. The molecule has 0 spiro atoms. The van der Waals surface area contributed by atoms with Gasteiger partial charge in [0, 0.05) is 22.7 Å². The molecule has 1 fully saturated rings. The first-order valence-electron chi connectivity index (χ1n) is 11.4. The molecule has 1 N–H and O–H groups in total. The SMILES string of the molecule is CSc1ccc(CNC(=O)c2ccc3c(c2)OCCN3c2ccc(C3(C(F)(F)F)CC3)cc2)cc1. The molecule has 0 radical (unpaired) electrons. The Labute approximate surface area is 206 Å². The van der Waals surface area contributed by atoms with Gasteiger partial charge in [0.25, 0.3) is 5.91 Å². The molecule has 1 amide bonds. The Kier molecular flexibility index (Phi) is 6.17. The van der Waals surface area contributed by atoms with E-state index >= 15 is 0 Å². The largest absolute Gasteiger partial charge is 0.490 e. The summed E-state index contributed by atoms with van der Waals surface area (Å²) < 4.78 is 46.2. The van der Waals surface area contributed by atoms with Crippen LogP contribution < -0.4 is 15.0 Å². The summed E-state index contributed by atoms with van der Waals surface area (Å²) in [7, 11) is 0. The molecule has 0 saturated heterocycles. The predicted molar refractivity (Wildman–Crippen MR) is 132 cm³/mol. The second-order valence-electron chi connectivity index (χ2n) is 8.84. The number of benzene rings is 3. The van der Waals surface area contributed by atoms with Crippen LogP contribution in [-0.4, -0.2) is 31.5 Å². The number of carbonyl (C=O) groups is 1. The zero-order valence-corrected chi connectivity index (χ0v) is 20.0. The topological polar surface area (TPSA) is 41.6 Å². The molecule has 0 bridgehead atoms. The molecule has 8 heteroatoms. The fourth-order valence-electron chi connectivity index (χ4n) is 4.48. The van der Waals surface area contributed by atoms with Gasteiger partial charge in [0.2, 0.25) is 0 Å². The van der Waals surface area contributed by atoms with E-state index in [9.17, 15) is 18.0 Å². The van der Waals surface area contributed by atoms with Crippen molar-refractivity contribution in [3.05, 3.63) is 83.4 Å². The summed E-state index contributed by atoms with van der Waals surface area (Å²) in [4.78, 5) is 15.9. The van der Waals surface area contributed by atoms with E-state index in [1.807, 2.05) is 41.5 Å². The number of thioether (sulfide) groups is 1. The predicted octanol–water partition coefficient (Wildman–Crippen LogP) is 6.46. The minimum Gasteiger partial charge on any atom is -0.490 e. The lowest BCUT2D eigenvalue weighted by molar-refractivity contribution is -0.160. The maximum Gasteiger partial charge on any atom is 0.398 e. The third-order valence-corrected chi connectivity index (χ3v) is 7.47. The fraction of sp³-hybridized carbons (Fsp3) is 0.296. The van der Waals surface area contributed by atoms with Crippen molar-refractivity contribution < 1.29 is 22.7 Å². The first kappa shape index (κ1) is 23.6. The molecule has 35 heavy (non-hydrogen) atoms. The molecule has 3 aromatic carbocycles. The molecule has 3 aromatic rings. The van der Waals surface area contributed by atoms with Crippen molar-refractivity contribution in [3.8, 4) is 5.75 Å². The smallest absolute Gasteiger partial charge is 0.398 e. The molecule has 182 valence electrons. The van der Waals surface area contributed by atoms with Crippen molar-refractivity contribution in [1.29, 1.82) is 0 Å². The van der Waals surface area contributed by atoms with Crippen LogP contribution in [0.1, 0.15) is 34.3 Å². The maximum atomic E-state index is 13.5. The number of alkyl halides is 3. The van der Waals surface area contributed by atoms with Crippen molar-refractivity contribution in [2.75, 3.05) is 24.3 Å². The molecule has 0 aromatic heterocycles. The monoisotopic (exact) mass is 498 g/mol. The summed E-state index contributed by atoms with van der Waals surface area (Å²) in [6.07, 6.45) is -1.92. The summed E-state index contributed by atoms with van der Waals surface area (Å²) in [5.41, 5.74) is 1.71. The van der Waals surface area contributed by atoms with E-state index in [0.29, 0.717) is 36.6 Å². The third-order valence-electron chi connectivity index (χ3n) is 6.72. The Morgan fingerprint density at radius 3 is 2.40 bits per heavy atom. The first-order valence-corrected chi connectivity index (χ1v) is 12.7. The summed E-state index contributed by atoms with van der Waals surface area (Å²) in [5, 5.41) is 2.93. The first-order chi connectivity index (χ1) is 16.8. The minimum absolute atomic E-state index is 0.143. The molecule has 2 aliphatic rings. The number of fused-ring (bicyclic) bond motifs is 1. The van der Waals surface area contributed by atoms with Crippen molar-refractivity contribution in [3.63, 3.8) is 0 Å². The second kappa shape index (κ2) is 9.15. The Bertz CT molecular complexity index is 1220. The van der Waals surface area contributed by atoms with E-state index in [2.05, 4.69) is 5.32 Å². The van der Waals surface area contributed by atoms with E-state index in [1.54, 1.807) is 48.2 Å². The lowest BCUT2D eigenvalue weighted by Gasteiger charge is -2.32. The average Bonchev–Trinajstić information content (AvgIpc) is 3.69. The molecule has 0 unspecified atom stereocenters. The van der Waals surface area contributed by atoms with Crippen molar-refractivity contribution in [1.82, 2.24) is 5.32 Å². The van der Waals surface area contributed by atoms with Gasteiger partial charge in [-0.3, -0.25) is 4.79 Å². The van der Waals surface area contributed by atoms with Crippen molar-refractivity contribution >= 4 is 29.0 Å². The van der Waals surface area contributed by atoms with E-state index in [4.69, 9.17) is 4.74 Å². The molecule has 0 atom stereocenters. The van der Waals surface area contributed by atoms with Crippen molar-refractivity contribution in [2.45, 2.75) is 35.9 Å². The van der Waals surface area contributed by atoms with Gasteiger partial charge in [0.1, 0.15) is 12.4 Å². The standard InChI is InChI=1S/C27H25F3N2O2S/c1-35-22-9-2-18(3-10-22)17-31-25(33)19-4-11-23-24(16-19)34-15-14-32(23)21-7-5-20(6-8-21)26(12-13-26)27(28,29)30/h2-11,16H,12-15,17H2,1H3,(H,31,33). The summed E-state index contributed by atoms with van der Waals surface area (Å²) in [5.74, 6) is 0.375. The summed E-state index contributed by atoms with van der Waals surface area (Å²) in [6.45, 7) is 1.39. The normalized spacial score (nSPS) is 16.3. The van der Waals surface area contributed by atoms with E-state index < -0.39 is 11.6 Å². The van der Waals surface area contributed by atoms with Gasteiger partial charge in [-0.05, 0) is 72.7 Å². The number of anilines is 2. The number of rotatable bonds is 6. The van der Waals surface area contributed by atoms with Gasteiger partial charge in [-0.1, -0.05) is 24.3 Å². The number of halogens is 3. The molecule has 1 aliphatic heterocycles. The zero-order valence-electron chi connectivity index (χ0n) is 19.2. The molecule has 4 nitrogen and oxygen atoms in total. The number of hydrogen-bond donors (Lipinski definition) is 1. The lowest BCUT2D eigenvalue weighted by Crippen LogP contribution is -2.30. The number of ether oxygens (including phenoxy) is 1. The van der Waals surface area contributed by atoms with Crippen LogP contribution >= 0.6 is 11.8 Å². The number of carbonyl (C=O) groups excluding carboxylic acids is 1. The highest BCUT2D eigenvalue weighted by atomic mass is 32.2. The summed E-state index contributed by atoms with van der Waals surface area (Å²) >= 11 is 1.67. The Balaban J connectivity index is 1.30. The number of nitrogens with one attached hydrogen (secondary N) is 1. The van der Waals surface area contributed by atoms with Gasteiger partial charge in [0.05, 0.1) is 17.6 Å². The maximum absolute atomic E-state index is 13.5. The Morgan fingerprint density at radius 2 is 1.77 bits per heavy atom. The quantitative estimate of drug-likeness (QED) is 0.396. The average molecular weight is 499 g/mol. The van der Waals surface area contributed by atoms with Crippen LogP contribution in [0.15, 0.2) is 71.6 Å². The van der Waals surface area contributed by atoms with E-state index in [0.717, 1.165) is 16.9 Å². The van der Waals surface area contributed by atoms with Crippen LogP contribution in [0.3, 0.4) is 0 Å². The van der Waals surface area contributed by atoms with Crippen LogP contribution in [0, 0.1) is 0 Å². The second-order valence-corrected chi connectivity index (χ2v) is 9.72. The number of nitrogens with zero attached hydrogens (tertiary/aromatic N) is 1. The minimum atomic E-state index is -4.23. The van der Waals surface area contributed by atoms with E-state index in [1.165, 1.54) is 4.90 Å². The van der Waals surface area contributed by atoms with Gasteiger partial charge in [-0.25, -0.2) is 0 Å². The molecule has 1 saturated carbocycles. The Morgan fingerprint density at radius 1 is 1.06 bits per heavy atom. The molecular weight excluding hydrogens is 473 g/mol. The van der Waals surface area contributed by atoms with Gasteiger partial charge in [-0.15, -0.1) is 11.8 Å². The fourth-order valence-corrected chi connectivity index (χ4v) is 4.89. The van der Waals surface area contributed by atoms with Crippen molar-refractivity contribution in [2.24, 2.45) is 0 Å². The number of hydrogen-bond acceptors (Lipinski definition) is 4. The highest BCUT2D eigenvalue weighted by Gasteiger charge is 2.64. The van der Waals surface area contributed by atoms with E-state index in [-0.39, 0.29) is 18.7 Å². The van der Waals surface area contributed by atoms with Crippen LogP contribution in [-0.2, 0) is 12.0 Å². The van der Waals surface area contributed by atoms with Crippen LogP contribution in [0.2, 0.25) is 0 Å². The molecule has 5 rings (SSSR count). The van der Waals surface area contributed by atoms with Gasteiger partial charge < -0.3 is 15.0 Å². The highest BCUT2D eigenvalue weighted by Crippen LogP contribution is 2.59. The van der Waals surface area contributed by atoms with Crippen LogP contribution in [0.5, 0.6) is 5.75 Å². The zero-order chi connectivity index (χ0) is 24.6. The molecular formula is C27H25F3N2O2S. The third kappa shape index (κ3) is 4.59. The molecule has 1 aliphatic carbocycles. The highest BCUT2D eigenvalue weighted by molar-refractivity contribution is 7.98. The lowest BCUT2D eigenvalue weighted by atomic mass is 9.95. The van der Waals surface area contributed by atoms with Crippen LogP contribution in [0.25, 0.3) is 0 Å². The van der Waals surface area contributed by atoms with Gasteiger partial charge >= 0.3 is 6.18 Å². The number of amides is 1. The van der Waals surface area contributed by atoms with Gasteiger partial charge in [0.15, 0.2) is 0 Å². The Hall–Kier alpha value is -3.13. The van der Waals surface area contributed by atoms with Crippen LogP contribution in [0.4, 0.5) is 24.5 Å².